The van der Waals surface area contributed by atoms with Gasteiger partial charge < -0.3 is 10.5 Å². The summed E-state index contributed by atoms with van der Waals surface area (Å²) in [5.74, 6) is 0.922. The first-order valence-corrected chi connectivity index (χ1v) is 5.19. The van der Waals surface area contributed by atoms with Gasteiger partial charge in [0.25, 0.3) is 0 Å². The summed E-state index contributed by atoms with van der Waals surface area (Å²) in [7, 11) is 0. The van der Waals surface area contributed by atoms with Crippen LogP contribution in [-0.4, -0.2) is 6.61 Å². The lowest BCUT2D eigenvalue weighted by atomic mass is 10.1. The van der Waals surface area contributed by atoms with E-state index in [0.717, 1.165) is 11.3 Å². The van der Waals surface area contributed by atoms with Crippen LogP contribution in [0.2, 0.25) is 0 Å². The monoisotopic (exact) mass is 201 g/mol. The van der Waals surface area contributed by atoms with E-state index in [9.17, 15) is 0 Å². The third-order valence-electron chi connectivity index (χ3n) is 2.42. The van der Waals surface area contributed by atoms with Gasteiger partial charge in [-0.25, -0.2) is 0 Å². The molecular weight excluding hydrogens is 186 g/mol. The zero-order valence-corrected chi connectivity index (χ0v) is 8.86. The minimum absolute atomic E-state index is 0.586. The lowest BCUT2D eigenvalue weighted by molar-refractivity contribution is 0.341. The molecule has 0 aliphatic carbocycles. The number of ether oxygens (including phenoxy) is 1. The number of benzene rings is 2. The van der Waals surface area contributed by atoms with E-state index in [4.69, 9.17) is 10.5 Å². The summed E-state index contributed by atoms with van der Waals surface area (Å²) in [5, 5.41) is 2.40. The number of fused-ring (bicyclic) bond motifs is 1. The summed E-state index contributed by atoms with van der Waals surface area (Å²) >= 11 is 0. The first kappa shape index (κ1) is 9.99. The van der Waals surface area contributed by atoms with E-state index in [0.29, 0.717) is 13.2 Å². The quantitative estimate of drug-likeness (QED) is 0.828. The van der Waals surface area contributed by atoms with Gasteiger partial charge in [0.2, 0.25) is 0 Å². The largest absolute Gasteiger partial charge is 0.494 e. The molecule has 2 heteroatoms. The van der Waals surface area contributed by atoms with Gasteiger partial charge in [-0.2, -0.15) is 0 Å². The van der Waals surface area contributed by atoms with Crippen LogP contribution in [0.1, 0.15) is 12.5 Å². The van der Waals surface area contributed by atoms with Crippen molar-refractivity contribution < 1.29 is 4.74 Å². The van der Waals surface area contributed by atoms with E-state index in [-0.39, 0.29) is 0 Å². The maximum absolute atomic E-state index is 5.59. The van der Waals surface area contributed by atoms with Crippen molar-refractivity contribution in [3.8, 4) is 5.75 Å². The average molecular weight is 201 g/mol. The molecule has 0 saturated heterocycles. The first-order valence-electron chi connectivity index (χ1n) is 5.19. The summed E-state index contributed by atoms with van der Waals surface area (Å²) < 4.78 is 5.45. The molecule has 2 N–H and O–H groups in total. The topological polar surface area (TPSA) is 35.2 Å². The molecule has 15 heavy (non-hydrogen) atoms. The molecule has 2 nitrogen and oxygen atoms in total. The van der Waals surface area contributed by atoms with Gasteiger partial charge in [0.05, 0.1) is 6.61 Å². The van der Waals surface area contributed by atoms with Crippen molar-refractivity contribution in [3.05, 3.63) is 42.0 Å². The van der Waals surface area contributed by atoms with Crippen molar-refractivity contribution >= 4 is 10.8 Å². The lowest BCUT2D eigenvalue weighted by Gasteiger charge is -2.05. The zero-order chi connectivity index (χ0) is 10.7. The third-order valence-corrected chi connectivity index (χ3v) is 2.42. The highest BCUT2D eigenvalue weighted by atomic mass is 16.5. The zero-order valence-electron chi connectivity index (χ0n) is 8.86. The highest BCUT2D eigenvalue weighted by Crippen LogP contribution is 2.21. The first-order chi connectivity index (χ1) is 7.33. The molecule has 2 rings (SSSR count). The molecule has 0 atom stereocenters. The predicted octanol–water partition coefficient (Wildman–Crippen LogP) is 2.70. The van der Waals surface area contributed by atoms with Gasteiger partial charge in [0.15, 0.2) is 0 Å². The molecule has 0 unspecified atom stereocenters. The summed E-state index contributed by atoms with van der Waals surface area (Å²) in [5.41, 5.74) is 6.75. The standard InChI is InChI=1S/C13H15NO/c1-2-15-13-6-5-11-7-10(9-14)3-4-12(11)8-13/h3-8H,2,9,14H2,1H3. The van der Waals surface area contributed by atoms with Crippen LogP contribution in [0.25, 0.3) is 10.8 Å². The molecule has 0 fully saturated rings. The van der Waals surface area contributed by atoms with Crippen molar-refractivity contribution in [1.82, 2.24) is 0 Å². The third kappa shape index (κ3) is 2.10. The van der Waals surface area contributed by atoms with Crippen LogP contribution in [-0.2, 0) is 6.54 Å². The Morgan fingerprint density at radius 1 is 1.07 bits per heavy atom. The molecule has 0 bridgehead atoms. The fraction of sp³-hybridized carbons (Fsp3) is 0.231. The van der Waals surface area contributed by atoms with Gasteiger partial charge in [0.1, 0.15) is 5.75 Å². The Bertz CT molecular complexity index is 465. The van der Waals surface area contributed by atoms with Crippen molar-refractivity contribution in [2.75, 3.05) is 6.61 Å². The Labute approximate surface area is 89.7 Å². The highest BCUT2D eigenvalue weighted by molar-refractivity contribution is 5.84. The predicted molar refractivity (Wildman–Crippen MR) is 63.0 cm³/mol. The number of rotatable bonds is 3. The molecule has 78 valence electrons. The van der Waals surface area contributed by atoms with Crippen LogP contribution in [0.5, 0.6) is 5.75 Å². The fourth-order valence-electron chi connectivity index (χ4n) is 1.66. The average Bonchev–Trinajstić information content (AvgIpc) is 2.29. The summed E-state index contributed by atoms with van der Waals surface area (Å²) in [6.45, 7) is 3.28. The van der Waals surface area contributed by atoms with Crippen LogP contribution in [0.4, 0.5) is 0 Å². The normalized spacial score (nSPS) is 10.5. The van der Waals surface area contributed by atoms with Gasteiger partial charge in [-0.05, 0) is 41.5 Å². The molecule has 2 aromatic rings. The Morgan fingerprint density at radius 3 is 2.53 bits per heavy atom. The summed E-state index contributed by atoms with van der Waals surface area (Å²) in [6, 6.07) is 12.4. The molecule has 0 aliphatic rings. The van der Waals surface area contributed by atoms with Gasteiger partial charge >= 0.3 is 0 Å². The Balaban J connectivity index is 2.45. The van der Waals surface area contributed by atoms with Gasteiger partial charge in [-0.3, -0.25) is 0 Å². The Hall–Kier alpha value is -1.54. The number of hydrogen-bond donors (Lipinski definition) is 1. The van der Waals surface area contributed by atoms with Crippen LogP contribution in [0.15, 0.2) is 36.4 Å². The summed E-state index contributed by atoms with van der Waals surface area (Å²) in [4.78, 5) is 0. The van der Waals surface area contributed by atoms with E-state index in [1.54, 1.807) is 0 Å². The van der Waals surface area contributed by atoms with Crippen LogP contribution < -0.4 is 10.5 Å². The maximum Gasteiger partial charge on any atom is 0.119 e. The smallest absolute Gasteiger partial charge is 0.119 e. The molecule has 2 aromatic carbocycles. The molecule has 0 spiro atoms. The summed E-state index contributed by atoms with van der Waals surface area (Å²) in [6.07, 6.45) is 0. The van der Waals surface area contributed by atoms with Crippen molar-refractivity contribution in [3.63, 3.8) is 0 Å². The number of nitrogens with two attached hydrogens (primary N) is 1. The van der Waals surface area contributed by atoms with Crippen molar-refractivity contribution in [2.24, 2.45) is 5.73 Å². The lowest BCUT2D eigenvalue weighted by Crippen LogP contribution is -1.95. The molecule has 0 aliphatic heterocycles. The van der Waals surface area contributed by atoms with Gasteiger partial charge in [0, 0.05) is 6.54 Å². The van der Waals surface area contributed by atoms with E-state index in [2.05, 4.69) is 30.3 Å². The highest BCUT2D eigenvalue weighted by Gasteiger charge is 1.97. The molecule has 0 amide bonds. The van der Waals surface area contributed by atoms with Crippen molar-refractivity contribution in [1.29, 1.82) is 0 Å². The minimum atomic E-state index is 0.586. The van der Waals surface area contributed by atoms with E-state index in [1.165, 1.54) is 10.8 Å². The Morgan fingerprint density at radius 2 is 1.80 bits per heavy atom. The molecule has 0 saturated carbocycles. The van der Waals surface area contributed by atoms with Gasteiger partial charge in [-0.1, -0.05) is 18.2 Å². The van der Waals surface area contributed by atoms with Crippen LogP contribution in [0, 0.1) is 0 Å². The molecule has 0 heterocycles. The molecule has 0 aromatic heterocycles. The SMILES string of the molecule is CCOc1ccc2cc(CN)ccc2c1. The molecular formula is C13H15NO. The Kier molecular flexibility index (Phi) is 2.88. The van der Waals surface area contributed by atoms with Crippen LogP contribution in [0.3, 0.4) is 0 Å². The van der Waals surface area contributed by atoms with Gasteiger partial charge in [-0.15, -0.1) is 0 Å². The number of hydrogen-bond acceptors (Lipinski definition) is 2. The second-order valence-corrected chi connectivity index (χ2v) is 3.48. The van der Waals surface area contributed by atoms with E-state index in [1.807, 2.05) is 13.0 Å². The minimum Gasteiger partial charge on any atom is -0.494 e. The van der Waals surface area contributed by atoms with E-state index >= 15 is 0 Å². The van der Waals surface area contributed by atoms with Crippen molar-refractivity contribution in [2.45, 2.75) is 13.5 Å². The van der Waals surface area contributed by atoms with E-state index < -0.39 is 0 Å². The fourth-order valence-corrected chi connectivity index (χ4v) is 1.66. The maximum atomic E-state index is 5.59. The second kappa shape index (κ2) is 4.32. The molecule has 0 radical (unpaired) electrons. The van der Waals surface area contributed by atoms with Crippen LogP contribution >= 0.6 is 0 Å². The second-order valence-electron chi connectivity index (χ2n) is 3.48.